The van der Waals surface area contributed by atoms with Crippen molar-refractivity contribution in [3.63, 3.8) is 0 Å². The maximum absolute atomic E-state index is 13.1. The number of anilines is 1. The van der Waals surface area contributed by atoms with Crippen molar-refractivity contribution >= 4 is 11.6 Å². The Bertz CT molecular complexity index is 586. The minimum Gasteiger partial charge on any atom is -0.497 e. The molecule has 2 aliphatic rings. The normalized spacial score (nSPS) is 25.8. The second-order valence-electron chi connectivity index (χ2n) is 7.77. The van der Waals surface area contributed by atoms with Gasteiger partial charge in [0.1, 0.15) is 5.75 Å². The molecular weight excluding hydrogens is 326 g/mol. The molecule has 0 spiro atoms. The molecule has 2 aliphatic heterocycles. The first kappa shape index (κ1) is 19.0. The van der Waals surface area contributed by atoms with Gasteiger partial charge in [-0.05, 0) is 64.3 Å². The van der Waals surface area contributed by atoms with Crippen LogP contribution in [0.15, 0.2) is 24.3 Å². The lowest BCUT2D eigenvalue weighted by molar-refractivity contribution is -0.142. The van der Waals surface area contributed by atoms with Crippen molar-refractivity contribution in [1.29, 1.82) is 0 Å². The molecule has 5 heteroatoms. The van der Waals surface area contributed by atoms with Crippen LogP contribution in [-0.2, 0) is 4.79 Å². The van der Waals surface area contributed by atoms with Crippen molar-refractivity contribution in [2.24, 2.45) is 0 Å². The van der Waals surface area contributed by atoms with Gasteiger partial charge in [0.2, 0.25) is 5.91 Å². The number of likely N-dealkylation sites (tertiary alicyclic amines) is 1. The molecule has 144 valence electrons. The number of carbonyl (C=O) groups is 1. The van der Waals surface area contributed by atoms with E-state index in [-0.39, 0.29) is 6.04 Å². The number of rotatable bonds is 4. The Morgan fingerprint density at radius 3 is 2.15 bits per heavy atom. The lowest BCUT2D eigenvalue weighted by Gasteiger charge is -2.44. The summed E-state index contributed by atoms with van der Waals surface area (Å²) in [6, 6.07) is 8.94. The molecule has 0 bridgehead atoms. The van der Waals surface area contributed by atoms with E-state index in [1.165, 1.54) is 12.1 Å². The van der Waals surface area contributed by atoms with Gasteiger partial charge < -0.3 is 14.5 Å². The zero-order valence-electron chi connectivity index (χ0n) is 16.6. The Balaban J connectivity index is 1.57. The highest BCUT2D eigenvalue weighted by atomic mass is 16.5. The van der Waals surface area contributed by atoms with Gasteiger partial charge in [0.05, 0.1) is 13.2 Å². The number of hydrogen-bond acceptors (Lipinski definition) is 4. The highest BCUT2D eigenvalue weighted by Crippen LogP contribution is 2.25. The molecule has 2 fully saturated rings. The van der Waals surface area contributed by atoms with Gasteiger partial charge >= 0.3 is 0 Å². The Labute approximate surface area is 157 Å². The lowest BCUT2D eigenvalue weighted by Crippen LogP contribution is -2.58. The monoisotopic (exact) mass is 359 g/mol. The Morgan fingerprint density at radius 2 is 1.62 bits per heavy atom. The first-order valence-corrected chi connectivity index (χ1v) is 9.96. The van der Waals surface area contributed by atoms with E-state index < -0.39 is 0 Å². The summed E-state index contributed by atoms with van der Waals surface area (Å²) in [4.78, 5) is 20.0. The molecule has 1 aromatic carbocycles. The number of carbonyl (C=O) groups excluding carboxylic acids is 1. The van der Waals surface area contributed by atoms with Gasteiger partial charge in [-0.2, -0.15) is 0 Å². The summed E-state index contributed by atoms with van der Waals surface area (Å²) in [5.74, 6) is 1.19. The van der Waals surface area contributed by atoms with Crippen LogP contribution in [0.25, 0.3) is 0 Å². The molecule has 2 heterocycles. The van der Waals surface area contributed by atoms with E-state index in [4.69, 9.17) is 4.74 Å². The Morgan fingerprint density at radius 1 is 1.04 bits per heavy atom. The number of nitrogens with zero attached hydrogens (tertiary/aromatic N) is 3. The second-order valence-corrected chi connectivity index (χ2v) is 7.77. The average molecular weight is 360 g/mol. The zero-order valence-corrected chi connectivity index (χ0v) is 16.6. The van der Waals surface area contributed by atoms with Gasteiger partial charge in [0, 0.05) is 44.0 Å². The molecule has 0 aromatic heterocycles. The summed E-state index contributed by atoms with van der Waals surface area (Å²) >= 11 is 0. The van der Waals surface area contributed by atoms with E-state index in [1.807, 2.05) is 12.1 Å². The van der Waals surface area contributed by atoms with Gasteiger partial charge in [-0.1, -0.05) is 0 Å². The van der Waals surface area contributed by atoms with Crippen molar-refractivity contribution in [3.05, 3.63) is 24.3 Å². The average Bonchev–Trinajstić information content (AvgIpc) is 2.67. The van der Waals surface area contributed by atoms with Crippen LogP contribution in [0.5, 0.6) is 5.75 Å². The minimum absolute atomic E-state index is 0.0315. The van der Waals surface area contributed by atoms with Crippen LogP contribution in [0.2, 0.25) is 0 Å². The van der Waals surface area contributed by atoms with E-state index in [0.29, 0.717) is 18.0 Å². The summed E-state index contributed by atoms with van der Waals surface area (Å²) in [5, 5.41) is 0. The molecule has 0 N–H and O–H groups in total. The smallest absolute Gasteiger partial charge is 0.240 e. The van der Waals surface area contributed by atoms with Crippen molar-refractivity contribution in [1.82, 2.24) is 9.80 Å². The summed E-state index contributed by atoms with van der Waals surface area (Å²) in [5.41, 5.74) is 1.22. The number of hydrogen-bond donors (Lipinski definition) is 0. The first-order valence-electron chi connectivity index (χ1n) is 9.96. The van der Waals surface area contributed by atoms with Crippen LogP contribution in [0.1, 0.15) is 40.0 Å². The Hall–Kier alpha value is -1.75. The number of methoxy groups -OCH3 is 1. The van der Waals surface area contributed by atoms with Crippen LogP contribution in [0, 0.1) is 0 Å². The molecule has 1 aromatic rings. The summed E-state index contributed by atoms with van der Waals surface area (Å²) in [7, 11) is 1.69. The molecular formula is C21H33N3O2. The van der Waals surface area contributed by atoms with Gasteiger partial charge in [-0.15, -0.1) is 0 Å². The Kier molecular flexibility index (Phi) is 6.07. The van der Waals surface area contributed by atoms with Gasteiger partial charge in [-0.25, -0.2) is 0 Å². The third kappa shape index (κ3) is 3.98. The van der Waals surface area contributed by atoms with Gasteiger partial charge in [0.15, 0.2) is 0 Å². The molecule has 0 unspecified atom stereocenters. The highest BCUT2D eigenvalue weighted by Gasteiger charge is 2.34. The number of amides is 1. The van der Waals surface area contributed by atoms with E-state index in [0.717, 1.165) is 44.8 Å². The summed E-state index contributed by atoms with van der Waals surface area (Å²) in [6.07, 6.45) is 3.50. The molecule has 3 atom stereocenters. The fourth-order valence-electron chi connectivity index (χ4n) is 4.39. The fourth-order valence-corrected chi connectivity index (χ4v) is 4.39. The van der Waals surface area contributed by atoms with Crippen LogP contribution < -0.4 is 9.64 Å². The van der Waals surface area contributed by atoms with Gasteiger partial charge in [0.25, 0.3) is 0 Å². The van der Waals surface area contributed by atoms with Gasteiger partial charge in [-0.3, -0.25) is 9.69 Å². The predicted molar refractivity (Wildman–Crippen MR) is 106 cm³/mol. The van der Waals surface area contributed by atoms with E-state index in [2.05, 4.69) is 47.6 Å². The number of ether oxygens (including phenoxy) is 1. The second kappa shape index (κ2) is 8.30. The molecule has 3 rings (SSSR count). The minimum atomic E-state index is -0.0315. The molecule has 1 amide bonds. The predicted octanol–water partition coefficient (Wildman–Crippen LogP) is 3.00. The lowest BCUT2D eigenvalue weighted by atomic mass is 9.96. The maximum atomic E-state index is 13.1. The highest BCUT2D eigenvalue weighted by molar-refractivity contribution is 5.82. The van der Waals surface area contributed by atoms with E-state index in [9.17, 15) is 4.79 Å². The van der Waals surface area contributed by atoms with Crippen LogP contribution in [0.3, 0.4) is 0 Å². The number of piperidine rings is 1. The largest absolute Gasteiger partial charge is 0.497 e. The zero-order chi connectivity index (χ0) is 18.7. The number of piperazine rings is 1. The van der Waals surface area contributed by atoms with Crippen molar-refractivity contribution < 1.29 is 9.53 Å². The molecule has 0 radical (unpaired) electrons. The molecule has 0 saturated carbocycles. The summed E-state index contributed by atoms with van der Waals surface area (Å²) in [6.45, 7) is 10.2. The molecule has 5 nitrogen and oxygen atoms in total. The van der Waals surface area contributed by atoms with Crippen LogP contribution in [-0.4, -0.2) is 67.1 Å². The van der Waals surface area contributed by atoms with Crippen LogP contribution in [0.4, 0.5) is 5.69 Å². The van der Waals surface area contributed by atoms with Crippen molar-refractivity contribution in [2.45, 2.75) is 58.2 Å². The quantitative estimate of drug-likeness (QED) is 0.828. The third-order valence-electron chi connectivity index (χ3n) is 6.10. The third-order valence-corrected chi connectivity index (χ3v) is 6.10. The summed E-state index contributed by atoms with van der Waals surface area (Å²) < 4.78 is 5.24. The standard InChI is InChI=1S/C21H33N3O2/c1-16-6-5-7-17(2)24(16)21(25)18(3)22-12-14-23(15-13-22)19-8-10-20(26-4)11-9-19/h8-11,16-18H,5-7,12-15H2,1-4H3/t16-,17+,18-/m1/s1. The molecule has 0 aliphatic carbocycles. The van der Waals surface area contributed by atoms with Crippen molar-refractivity contribution in [2.75, 3.05) is 38.2 Å². The maximum Gasteiger partial charge on any atom is 0.240 e. The van der Waals surface area contributed by atoms with E-state index >= 15 is 0 Å². The van der Waals surface area contributed by atoms with Crippen molar-refractivity contribution in [3.8, 4) is 5.75 Å². The first-order chi connectivity index (χ1) is 12.5. The molecule has 2 saturated heterocycles. The molecule has 26 heavy (non-hydrogen) atoms. The SMILES string of the molecule is COc1ccc(N2CCN([C@H](C)C(=O)N3[C@H](C)CCC[C@@H]3C)CC2)cc1. The fraction of sp³-hybridized carbons (Fsp3) is 0.667. The topological polar surface area (TPSA) is 36.0 Å². The number of benzene rings is 1. The van der Waals surface area contributed by atoms with Crippen LogP contribution >= 0.6 is 0 Å². The van der Waals surface area contributed by atoms with E-state index in [1.54, 1.807) is 7.11 Å².